The average molecular weight is 169 g/mol. The van der Waals surface area contributed by atoms with Crippen LogP contribution in [0.3, 0.4) is 0 Å². The molecule has 0 spiro atoms. The maximum atomic E-state index is 10.5. The molecule has 12 heavy (non-hydrogen) atoms. The van der Waals surface area contributed by atoms with Gasteiger partial charge in [-0.25, -0.2) is 15.0 Å². The maximum Gasteiger partial charge on any atom is 0.337 e. The van der Waals surface area contributed by atoms with Crippen LogP contribution in [0, 0.1) is 5.41 Å². The Bertz CT molecular complexity index is 212. The molecule has 4 heteroatoms. The van der Waals surface area contributed by atoms with E-state index in [0.29, 0.717) is 5.57 Å². The van der Waals surface area contributed by atoms with E-state index in [4.69, 9.17) is 10.2 Å². The van der Waals surface area contributed by atoms with E-state index < -0.39 is 0 Å². The Balaban J connectivity index is 0. The number of ether oxygens (including phenoxy) is 1. The minimum Gasteiger partial charge on any atom is -0.432 e. The molecule has 1 N–H and O–H groups in total. The molecule has 0 aliphatic rings. The fraction of sp³-hybridized carbons (Fsp3) is 0.250. The van der Waals surface area contributed by atoms with Crippen LogP contribution in [0.25, 0.3) is 0 Å². The molecule has 0 saturated carbocycles. The molecular formula is C8H11NO3. The lowest BCUT2D eigenvalue weighted by Crippen LogP contribution is -1.98. The molecular weight excluding hydrogens is 158 g/mol. The Labute approximate surface area is 71.0 Å². The number of hydrogen-bond acceptors (Lipinski definition) is 4. The summed E-state index contributed by atoms with van der Waals surface area (Å²) in [6.07, 6.45) is 3.72. The number of carbonyl (C=O) groups excluding carboxylic acids is 2. The van der Waals surface area contributed by atoms with Gasteiger partial charge in [-0.1, -0.05) is 12.7 Å². The fourth-order valence-electron chi connectivity index (χ4n) is 0.230. The quantitative estimate of drug-likeness (QED) is 0.224. The van der Waals surface area contributed by atoms with Crippen LogP contribution in [0.4, 0.5) is 0 Å². The number of hydrogen-bond donors (Lipinski definition) is 1. The van der Waals surface area contributed by atoms with E-state index >= 15 is 0 Å². The molecule has 0 aliphatic heterocycles. The fourth-order valence-corrected chi connectivity index (χ4v) is 0.230. The van der Waals surface area contributed by atoms with Crippen molar-refractivity contribution in [2.24, 2.45) is 0 Å². The summed E-state index contributed by atoms with van der Waals surface area (Å²) in [5, 5.41) is 5.40. The zero-order valence-electron chi connectivity index (χ0n) is 7.09. The Morgan fingerprint density at radius 3 is 2.33 bits per heavy atom. The number of carbonyl (C=O) groups is 1. The van der Waals surface area contributed by atoms with E-state index in [1.807, 2.05) is 0 Å². The van der Waals surface area contributed by atoms with Gasteiger partial charge in [0.05, 0.1) is 6.26 Å². The van der Waals surface area contributed by atoms with Crippen molar-refractivity contribution in [3.8, 4) is 0 Å². The van der Waals surface area contributed by atoms with E-state index in [1.54, 1.807) is 19.9 Å². The molecule has 0 bridgehead atoms. The first-order valence-corrected chi connectivity index (χ1v) is 3.11. The van der Waals surface area contributed by atoms with E-state index in [0.717, 1.165) is 6.08 Å². The first-order chi connectivity index (χ1) is 5.59. The largest absolute Gasteiger partial charge is 0.432 e. The third kappa shape index (κ3) is 11.2. The number of esters is 1. The Hall–Kier alpha value is -1.67. The van der Waals surface area contributed by atoms with Gasteiger partial charge in [-0.15, -0.1) is 0 Å². The standard InChI is InChI=1S/C7H10O2.CHNO/c1-4-5-9-7(8)6(2)3;2-1-3/h4-5H,2H2,1,3H3;2H. The molecule has 0 aromatic heterocycles. The minimum atomic E-state index is -0.381. The van der Waals surface area contributed by atoms with Crippen LogP contribution in [-0.2, 0) is 14.3 Å². The maximum absolute atomic E-state index is 10.5. The molecule has 0 heterocycles. The highest BCUT2D eigenvalue weighted by Crippen LogP contribution is 1.91. The van der Waals surface area contributed by atoms with Gasteiger partial charge in [-0.3, -0.25) is 0 Å². The Morgan fingerprint density at radius 2 is 2.08 bits per heavy atom. The van der Waals surface area contributed by atoms with E-state index in [1.165, 1.54) is 6.26 Å². The second kappa shape index (κ2) is 9.33. The van der Waals surface area contributed by atoms with Crippen LogP contribution in [0.15, 0.2) is 24.5 Å². The summed E-state index contributed by atoms with van der Waals surface area (Å²) in [5.74, 6) is -0.381. The third-order valence-electron chi connectivity index (χ3n) is 0.660. The highest BCUT2D eigenvalue weighted by Gasteiger charge is 1.97. The second-order valence-electron chi connectivity index (χ2n) is 1.76. The highest BCUT2D eigenvalue weighted by atomic mass is 16.5. The summed E-state index contributed by atoms with van der Waals surface area (Å²) in [5.41, 5.74) is 0.410. The van der Waals surface area contributed by atoms with E-state index in [9.17, 15) is 4.79 Å². The van der Waals surface area contributed by atoms with Gasteiger partial charge in [0, 0.05) is 5.57 Å². The molecule has 0 atom stereocenters. The summed E-state index contributed by atoms with van der Waals surface area (Å²) in [6.45, 7) is 6.77. The first-order valence-electron chi connectivity index (χ1n) is 3.11. The van der Waals surface area contributed by atoms with Crippen LogP contribution >= 0.6 is 0 Å². The molecule has 0 aliphatic carbocycles. The topological polar surface area (TPSA) is 67.2 Å². The summed E-state index contributed by atoms with van der Waals surface area (Å²) in [7, 11) is 0. The van der Waals surface area contributed by atoms with Gasteiger partial charge in [-0.05, 0) is 13.8 Å². The van der Waals surface area contributed by atoms with Crippen LogP contribution < -0.4 is 0 Å². The van der Waals surface area contributed by atoms with Gasteiger partial charge < -0.3 is 4.74 Å². The van der Waals surface area contributed by atoms with Crippen molar-refractivity contribution in [2.45, 2.75) is 13.8 Å². The summed E-state index contributed by atoms with van der Waals surface area (Å²) >= 11 is 0. The van der Waals surface area contributed by atoms with Crippen molar-refractivity contribution >= 4 is 12.0 Å². The van der Waals surface area contributed by atoms with Crippen molar-refractivity contribution in [1.29, 1.82) is 5.41 Å². The normalized spacial score (nSPS) is 7.83. The second-order valence-corrected chi connectivity index (χ2v) is 1.76. The van der Waals surface area contributed by atoms with Gasteiger partial charge >= 0.3 is 5.97 Å². The molecule has 66 valence electrons. The van der Waals surface area contributed by atoms with Crippen molar-refractivity contribution in [3.05, 3.63) is 24.5 Å². The SMILES string of the molecule is C=C(C)C(=O)OC=CC.N=C=O. The monoisotopic (exact) mass is 169 g/mol. The lowest BCUT2D eigenvalue weighted by atomic mass is 10.4. The average Bonchev–Trinajstić information content (AvgIpc) is 2.01. The minimum absolute atomic E-state index is 0.381. The van der Waals surface area contributed by atoms with Crippen molar-refractivity contribution in [3.63, 3.8) is 0 Å². The molecule has 4 nitrogen and oxygen atoms in total. The summed E-state index contributed by atoms with van der Waals surface area (Å²) in [4.78, 5) is 18.9. The van der Waals surface area contributed by atoms with Gasteiger partial charge in [0.15, 0.2) is 0 Å². The lowest BCUT2D eigenvalue weighted by Gasteiger charge is -1.93. The van der Waals surface area contributed by atoms with Crippen LogP contribution in [0.5, 0.6) is 0 Å². The zero-order chi connectivity index (χ0) is 9.98. The molecule has 0 amide bonds. The number of isocyanates is 1. The zero-order valence-corrected chi connectivity index (χ0v) is 7.09. The van der Waals surface area contributed by atoms with Crippen molar-refractivity contribution in [2.75, 3.05) is 0 Å². The van der Waals surface area contributed by atoms with Gasteiger partial charge in [0.2, 0.25) is 6.08 Å². The van der Waals surface area contributed by atoms with E-state index in [2.05, 4.69) is 11.3 Å². The van der Waals surface area contributed by atoms with Crippen LogP contribution in [0.1, 0.15) is 13.8 Å². The van der Waals surface area contributed by atoms with Crippen LogP contribution in [-0.4, -0.2) is 12.0 Å². The van der Waals surface area contributed by atoms with E-state index in [-0.39, 0.29) is 5.97 Å². The van der Waals surface area contributed by atoms with Gasteiger partial charge in [0.25, 0.3) is 0 Å². The molecule has 0 radical (unpaired) electrons. The molecule has 0 rings (SSSR count). The highest BCUT2D eigenvalue weighted by molar-refractivity contribution is 5.87. The summed E-state index contributed by atoms with van der Waals surface area (Å²) < 4.78 is 4.53. The smallest absolute Gasteiger partial charge is 0.337 e. The predicted octanol–water partition coefficient (Wildman–Crippen LogP) is 1.54. The first kappa shape index (κ1) is 13.0. The van der Waals surface area contributed by atoms with Gasteiger partial charge in [-0.2, -0.15) is 0 Å². The lowest BCUT2D eigenvalue weighted by molar-refractivity contribution is -0.133. The molecule has 0 aromatic rings. The Kier molecular flexibility index (Phi) is 10.1. The van der Waals surface area contributed by atoms with Crippen molar-refractivity contribution in [1.82, 2.24) is 0 Å². The molecule has 0 aromatic carbocycles. The number of rotatable bonds is 2. The number of nitrogens with one attached hydrogen (secondary N) is 1. The third-order valence-corrected chi connectivity index (χ3v) is 0.660. The van der Waals surface area contributed by atoms with Crippen LogP contribution in [0.2, 0.25) is 0 Å². The molecule has 0 unspecified atom stereocenters. The predicted molar refractivity (Wildman–Crippen MR) is 44.1 cm³/mol. The van der Waals surface area contributed by atoms with Gasteiger partial charge in [0.1, 0.15) is 0 Å². The summed E-state index contributed by atoms with van der Waals surface area (Å²) in [6, 6.07) is 0. The van der Waals surface area contributed by atoms with Crippen molar-refractivity contribution < 1.29 is 14.3 Å². The Morgan fingerprint density at radius 1 is 1.67 bits per heavy atom. The number of allylic oxidation sites excluding steroid dienone is 1. The molecule has 0 saturated heterocycles. The molecule has 0 fully saturated rings.